The lowest BCUT2D eigenvalue weighted by Gasteiger charge is -2.16. The molecular formula is C14H21NO3S. The molecule has 1 atom stereocenters. The number of nitrogens with one attached hydrogen (secondary N) is 1. The van der Waals surface area contributed by atoms with Crippen LogP contribution in [0.25, 0.3) is 0 Å². The molecule has 1 fully saturated rings. The van der Waals surface area contributed by atoms with E-state index in [4.69, 9.17) is 0 Å². The van der Waals surface area contributed by atoms with Gasteiger partial charge in [-0.1, -0.05) is 25.0 Å². The predicted octanol–water partition coefficient (Wildman–Crippen LogP) is 1.95. The van der Waals surface area contributed by atoms with Crippen LogP contribution in [0.4, 0.5) is 0 Å². The second kappa shape index (κ2) is 5.61. The number of aliphatic hydroxyl groups is 1. The zero-order chi connectivity index (χ0) is 14.0. The Morgan fingerprint density at radius 2 is 2.11 bits per heavy atom. The van der Waals surface area contributed by atoms with Gasteiger partial charge < -0.3 is 5.11 Å². The third kappa shape index (κ3) is 3.55. The molecule has 0 aromatic heterocycles. The van der Waals surface area contributed by atoms with Crippen LogP contribution in [-0.4, -0.2) is 19.6 Å². The standard InChI is InChI=1S/C14H21NO3S/c1-10(8-12-6-7-12)15-19(17,18)14-5-3-4-13(9-16)11(14)2/h3-5,10,12,15-16H,6-9H2,1-2H3. The minimum atomic E-state index is -3.50. The maximum Gasteiger partial charge on any atom is 0.241 e. The number of aliphatic hydroxyl groups excluding tert-OH is 1. The van der Waals surface area contributed by atoms with Crippen molar-refractivity contribution in [2.75, 3.05) is 0 Å². The van der Waals surface area contributed by atoms with E-state index in [1.807, 2.05) is 6.92 Å². The van der Waals surface area contributed by atoms with E-state index in [2.05, 4.69) is 4.72 Å². The van der Waals surface area contributed by atoms with Crippen LogP contribution in [0.3, 0.4) is 0 Å². The van der Waals surface area contributed by atoms with E-state index >= 15 is 0 Å². The molecule has 1 unspecified atom stereocenters. The molecule has 1 aliphatic rings. The molecule has 0 aliphatic heterocycles. The molecule has 2 rings (SSSR count). The molecular weight excluding hydrogens is 262 g/mol. The molecule has 19 heavy (non-hydrogen) atoms. The monoisotopic (exact) mass is 283 g/mol. The summed E-state index contributed by atoms with van der Waals surface area (Å²) >= 11 is 0. The van der Waals surface area contributed by atoms with Gasteiger partial charge in [-0.2, -0.15) is 0 Å². The number of hydrogen-bond acceptors (Lipinski definition) is 3. The molecule has 1 aromatic carbocycles. The van der Waals surface area contributed by atoms with Crippen molar-refractivity contribution in [2.45, 2.75) is 50.7 Å². The lowest BCUT2D eigenvalue weighted by Crippen LogP contribution is -2.33. The van der Waals surface area contributed by atoms with E-state index in [0.29, 0.717) is 17.0 Å². The Hall–Kier alpha value is -0.910. The Morgan fingerprint density at radius 3 is 2.68 bits per heavy atom. The number of rotatable bonds is 6. The molecule has 1 aliphatic carbocycles. The zero-order valence-electron chi connectivity index (χ0n) is 11.4. The molecule has 0 spiro atoms. The summed E-state index contributed by atoms with van der Waals surface area (Å²) in [4.78, 5) is 0.265. The molecule has 5 heteroatoms. The molecule has 106 valence electrons. The Morgan fingerprint density at radius 1 is 1.42 bits per heavy atom. The maximum absolute atomic E-state index is 12.3. The first-order chi connectivity index (χ1) is 8.94. The largest absolute Gasteiger partial charge is 0.392 e. The summed E-state index contributed by atoms with van der Waals surface area (Å²) < 4.78 is 27.4. The summed E-state index contributed by atoms with van der Waals surface area (Å²) in [7, 11) is -3.50. The van der Waals surface area contributed by atoms with Gasteiger partial charge in [0.25, 0.3) is 0 Å². The number of sulfonamides is 1. The third-order valence-electron chi connectivity index (χ3n) is 3.60. The van der Waals surface area contributed by atoms with Crippen molar-refractivity contribution in [3.8, 4) is 0 Å². The summed E-state index contributed by atoms with van der Waals surface area (Å²) in [5.74, 6) is 0.683. The van der Waals surface area contributed by atoms with Crippen LogP contribution in [0.1, 0.15) is 37.3 Å². The lowest BCUT2D eigenvalue weighted by molar-refractivity contribution is 0.280. The Labute approximate surface area is 114 Å². The van der Waals surface area contributed by atoms with Crippen molar-refractivity contribution in [3.63, 3.8) is 0 Å². The molecule has 4 nitrogen and oxygen atoms in total. The highest BCUT2D eigenvalue weighted by Crippen LogP contribution is 2.33. The van der Waals surface area contributed by atoms with Gasteiger partial charge >= 0.3 is 0 Å². The van der Waals surface area contributed by atoms with Crippen LogP contribution < -0.4 is 4.72 Å². The molecule has 0 saturated heterocycles. The van der Waals surface area contributed by atoms with Gasteiger partial charge in [0.1, 0.15) is 0 Å². The van der Waals surface area contributed by atoms with Crippen LogP contribution in [0.15, 0.2) is 23.1 Å². The van der Waals surface area contributed by atoms with Gasteiger partial charge in [-0.25, -0.2) is 13.1 Å². The van der Waals surface area contributed by atoms with Crippen molar-refractivity contribution in [1.29, 1.82) is 0 Å². The van der Waals surface area contributed by atoms with Crippen LogP contribution in [0, 0.1) is 12.8 Å². The van der Waals surface area contributed by atoms with Crippen molar-refractivity contribution in [2.24, 2.45) is 5.92 Å². The highest BCUT2D eigenvalue weighted by Gasteiger charge is 2.27. The Balaban J connectivity index is 2.18. The average Bonchev–Trinajstić information content (AvgIpc) is 3.12. The van der Waals surface area contributed by atoms with Gasteiger partial charge in [-0.3, -0.25) is 0 Å². The van der Waals surface area contributed by atoms with Gasteiger partial charge in [0, 0.05) is 6.04 Å². The van der Waals surface area contributed by atoms with Gasteiger partial charge in [0.05, 0.1) is 11.5 Å². The van der Waals surface area contributed by atoms with Gasteiger partial charge in [0.15, 0.2) is 0 Å². The normalized spacial score (nSPS) is 17.4. The second-order valence-electron chi connectivity index (χ2n) is 5.40. The minimum Gasteiger partial charge on any atom is -0.392 e. The molecule has 0 heterocycles. The van der Waals surface area contributed by atoms with Crippen molar-refractivity contribution in [3.05, 3.63) is 29.3 Å². The van der Waals surface area contributed by atoms with E-state index in [1.165, 1.54) is 12.8 Å². The first-order valence-corrected chi connectivity index (χ1v) is 8.14. The van der Waals surface area contributed by atoms with E-state index < -0.39 is 10.0 Å². The third-order valence-corrected chi connectivity index (χ3v) is 5.33. The average molecular weight is 283 g/mol. The summed E-state index contributed by atoms with van der Waals surface area (Å²) in [5.41, 5.74) is 1.27. The van der Waals surface area contributed by atoms with E-state index in [-0.39, 0.29) is 17.5 Å². The summed E-state index contributed by atoms with van der Waals surface area (Å²) in [6.45, 7) is 3.49. The molecule has 0 amide bonds. The first-order valence-electron chi connectivity index (χ1n) is 6.65. The van der Waals surface area contributed by atoms with Crippen molar-refractivity contribution >= 4 is 10.0 Å². The highest BCUT2D eigenvalue weighted by molar-refractivity contribution is 7.89. The lowest BCUT2D eigenvalue weighted by atomic mass is 10.1. The minimum absolute atomic E-state index is 0.0466. The van der Waals surface area contributed by atoms with Crippen molar-refractivity contribution in [1.82, 2.24) is 4.72 Å². The van der Waals surface area contributed by atoms with Crippen LogP contribution in [-0.2, 0) is 16.6 Å². The van der Waals surface area contributed by atoms with Gasteiger partial charge in [-0.05, 0) is 43.4 Å². The fourth-order valence-electron chi connectivity index (χ4n) is 2.35. The Kier molecular flexibility index (Phi) is 4.28. The van der Waals surface area contributed by atoms with Gasteiger partial charge in [0.2, 0.25) is 10.0 Å². The smallest absolute Gasteiger partial charge is 0.241 e. The van der Waals surface area contributed by atoms with Crippen LogP contribution >= 0.6 is 0 Å². The van der Waals surface area contributed by atoms with Gasteiger partial charge in [-0.15, -0.1) is 0 Å². The quantitative estimate of drug-likeness (QED) is 0.838. The summed E-state index contributed by atoms with van der Waals surface area (Å²) in [5, 5.41) is 9.20. The molecule has 2 N–H and O–H groups in total. The first kappa shape index (κ1) is 14.5. The number of benzene rings is 1. The molecule has 1 aromatic rings. The second-order valence-corrected chi connectivity index (χ2v) is 7.08. The van der Waals surface area contributed by atoms with E-state index in [9.17, 15) is 13.5 Å². The van der Waals surface area contributed by atoms with Crippen LogP contribution in [0.5, 0.6) is 0 Å². The molecule has 0 radical (unpaired) electrons. The van der Waals surface area contributed by atoms with E-state index in [1.54, 1.807) is 25.1 Å². The summed E-state index contributed by atoms with van der Waals surface area (Å²) in [6.07, 6.45) is 3.33. The van der Waals surface area contributed by atoms with Crippen molar-refractivity contribution < 1.29 is 13.5 Å². The molecule has 0 bridgehead atoms. The summed E-state index contributed by atoms with van der Waals surface area (Å²) in [6, 6.07) is 4.94. The zero-order valence-corrected chi connectivity index (χ0v) is 12.2. The van der Waals surface area contributed by atoms with E-state index in [0.717, 1.165) is 6.42 Å². The fraction of sp³-hybridized carbons (Fsp3) is 0.571. The SMILES string of the molecule is Cc1c(CO)cccc1S(=O)(=O)NC(C)CC1CC1. The highest BCUT2D eigenvalue weighted by atomic mass is 32.2. The molecule has 1 saturated carbocycles. The Bertz CT molecular complexity index is 550. The fourth-order valence-corrected chi connectivity index (χ4v) is 3.90. The topological polar surface area (TPSA) is 66.4 Å². The predicted molar refractivity (Wildman–Crippen MR) is 74.2 cm³/mol. The van der Waals surface area contributed by atoms with Crippen LogP contribution in [0.2, 0.25) is 0 Å². The number of hydrogen-bond donors (Lipinski definition) is 2. The maximum atomic E-state index is 12.3.